The van der Waals surface area contributed by atoms with Gasteiger partial charge in [-0.25, -0.2) is 9.97 Å². The van der Waals surface area contributed by atoms with Gasteiger partial charge in [0.2, 0.25) is 0 Å². The average Bonchev–Trinajstić information content (AvgIpc) is 2.62. The standard InChI is InChI=1S/C14H16N4/c15-13-9-16-10-17-14(13)18-7-5-11-3-1-2-4-12(11)6-8-18/h1-4,9-10H,5-8,15H2. The SMILES string of the molecule is Nc1cncnc1N1CCc2ccccc2CC1. The smallest absolute Gasteiger partial charge is 0.155 e. The third kappa shape index (κ3) is 2.01. The molecule has 0 unspecified atom stereocenters. The van der Waals surface area contributed by atoms with Crippen LogP contribution >= 0.6 is 0 Å². The Hall–Kier alpha value is -2.10. The van der Waals surface area contributed by atoms with Crippen molar-refractivity contribution in [1.82, 2.24) is 9.97 Å². The molecule has 0 radical (unpaired) electrons. The predicted molar refractivity (Wildman–Crippen MR) is 72.5 cm³/mol. The van der Waals surface area contributed by atoms with Gasteiger partial charge in [0.15, 0.2) is 5.82 Å². The lowest BCUT2D eigenvalue weighted by atomic mass is 10.0. The van der Waals surface area contributed by atoms with E-state index in [0.717, 1.165) is 31.7 Å². The molecule has 0 spiro atoms. The van der Waals surface area contributed by atoms with Crippen LogP contribution in [0.25, 0.3) is 0 Å². The zero-order valence-electron chi connectivity index (χ0n) is 10.2. The summed E-state index contributed by atoms with van der Waals surface area (Å²) in [6.07, 6.45) is 5.31. The minimum absolute atomic E-state index is 0.656. The van der Waals surface area contributed by atoms with Gasteiger partial charge >= 0.3 is 0 Å². The molecule has 2 N–H and O–H groups in total. The van der Waals surface area contributed by atoms with Gasteiger partial charge in [-0.1, -0.05) is 24.3 Å². The number of nitrogens with zero attached hydrogens (tertiary/aromatic N) is 3. The molecule has 2 aromatic rings. The molecule has 18 heavy (non-hydrogen) atoms. The molecule has 3 rings (SSSR count). The zero-order chi connectivity index (χ0) is 12.4. The molecular weight excluding hydrogens is 224 g/mol. The number of hydrogen-bond acceptors (Lipinski definition) is 4. The minimum Gasteiger partial charge on any atom is -0.394 e. The van der Waals surface area contributed by atoms with Crippen molar-refractivity contribution in [3.8, 4) is 0 Å². The van der Waals surface area contributed by atoms with Gasteiger partial charge in [0.05, 0.1) is 11.9 Å². The number of anilines is 2. The summed E-state index contributed by atoms with van der Waals surface area (Å²) in [4.78, 5) is 10.5. The lowest BCUT2D eigenvalue weighted by Gasteiger charge is -2.22. The Balaban J connectivity index is 1.85. The molecule has 2 heterocycles. The first-order chi connectivity index (χ1) is 8.84. The first-order valence-corrected chi connectivity index (χ1v) is 6.22. The van der Waals surface area contributed by atoms with Gasteiger partial charge in [-0.15, -0.1) is 0 Å². The van der Waals surface area contributed by atoms with Crippen LogP contribution in [0.15, 0.2) is 36.8 Å². The number of nitrogens with two attached hydrogens (primary N) is 1. The van der Waals surface area contributed by atoms with Crippen molar-refractivity contribution < 1.29 is 0 Å². The Bertz CT molecular complexity index is 526. The third-order valence-electron chi connectivity index (χ3n) is 3.44. The summed E-state index contributed by atoms with van der Waals surface area (Å²) in [5, 5.41) is 0. The molecular formula is C14H16N4. The minimum atomic E-state index is 0.656. The van der Waals surface area contributed by atoms with Crippen molar-refractivity contribution in [3.05, 3.63) is 47.9 Å². The second-order valence-corrected chi connectivity index (χ2v) is 4.56. The molecule has 0 atom stereocenters. The van der Waals surface area contributed by atoms with E-state index in [2.05, 4.69) is 39.1 Å². The molecule has 0 fully saturated rings. The van der Waals surface area contributed by atoms with Crippen LogP contribution in [0.5, 0.6) is 0 Å². The number of aromatic nitrogens is 2. The Morgan fingerprint density at radius 3 is 2.33 bits per heavy atom. The van der Waals surface area contributed by atoms with E-state index in [1.165, 1.54) is 11.1 Å². The summed E-state index contributed by atoms with van der Waals surface area (Å²) in [6, 6.07) is 8.63. The summed E-state index contributed by atoms with van der Waals surface area (Å²) in [5.41, 5.74) is 9.47. The Morgan fingerprint density at radius 1 is 1.06 bits per heavy atom. The fraction of sp³-hybridized carbons (Fsp3) is 0.286. The van der Waals surface area contributed by atoms with E-state index in [0.29, 0.717) is 5.69 Å². The summed E-state index contributed by atoms with van der Waals surface area (Å²) < 4.78 is 0. The van der Waals surface area contributed by atoms with Crippen molar-refractivity contribution >= 4 is 11.5 Å². The van der Waals surface area contributed by atoms with Crippen molar-refractivity contribution in [2.45, 2.75) is 12.8 Å². The highest BCUT2D eigenvalue weighted by atomic mass is 15.2. The molecule has 4 heteroatoms. The number of benzene rings is 1. The molecule has 0 saturated heterocycles. The van der Waals surface area contributed by atoms with Gasteiger partial charge in [-0.3, -0.25) is 0 Å². The maximum atomic E-state index is 5.94. The third-order valence-corrected chi connectivity index (χ3v) is 3.44. The van der Waals surface area contributed by atoms with E-state index in [1.807, 2.05) is 0 Å². The Morgan fingerprint density at radius 2 is 1.72 bits per heavy atom. The number of hydrogen-bond donors (Lipinski definition) is 1. The van der Waals surface area contributed by atoms with Crippen molar-refractivity contribution in [2.75, 3.05) is 23.7 Å². The summed E-state index contributed by atoms with van der Waals surface area (Å²) in [6.45, 7) is 1.91. The average molecular weight is 240 g/mol. The molecule has 0 amide bonds. The van der Waals surface area contributed by atoms with Crippen LogP contribution in [-0.2, 0) is 12.8 Å². The maximum absolute atomic E-state index is 5.94. The summed E-state index contributed by atoms with van der Waals surface area (Å²) in [7, 11) is 0. The summed E-state index contributed by atoms with van der Waals surface area (Å²) in [5.74, 6) is 0.859. The van der Waals surface area contributed by atoms with Crippen molar-refractivity contribution in [2.24, 2.45) is 0 Å². The van der Waals surface area contributed by atoms with Gasteiger partial charge in [0, 0.05) is 13.1 Å². The number of nitrogen functional groups attached to an aromatic ring is 1. The Kier molecular flexibility index (Phi) is 2.84. The lowest BCUT2D eigenvalue weighted by molar-refractivity contribution is 0.789. The first kappa shape index (κ1) is 11.0. The molecule has 1 aromatic heterocycles. The fourth-order valence-electron chi connectivity index (χ4n) is 2.48. The van der Waals surface area contributed by atoms with Gasteiger partial charge < -0.3 is 10.6 Å². The van der Waals surface area contributed by atoms with Gasteiger partial charge in [-0.05, 0) is 24.0 Å². The molecule has 0 bridgehead atoms. The van der Waals surface area contributed by atoms with Crippen LogP contribution in [0.2, 0.25) is 0 Å². The largest absolute Gasteiger partial charge is 0.394 e. The second kappa shape index (κ2) is 4.64. The van der Waals surface area contributed by atoms with Gasteiger partial charge in [0.25, 0.3) is 0 Å². The van der Waals surface area contributed by atoms with Crippen LogP contribution < -0.4 is 10.6 Å². The molecule has 0 saturated carbocycles. The molecule has 92 valence electrons. The highest BCUT2D eigenvalue weighted by Crippen LogP contribution is 2.22. The molecule has 1 aliphatic rings. The van der Waals surface area contributed by atoms with Crippen LogP contribution in [0, 0.1) is 0 Å². The van der Waals surface area contributed by atoms with Crippen LogP contribution in [0.3, 0.4) is 0 Å². The van der Waals surface area contributed by atoms with E-state index in [-0.39, 0.29) is 0 Å². The molecule has 0 aliphatic carbocycles. The molecule has 4 nitrogen and oxygen atoms in total. The Labute approximate surface area is 106 Å². The van der Waals surface area contributed by atoms with E-state index in [9.17, 15) is 0 Å². The monoisotopic (exact) mass is 240 g/mol. The number of fused-ring (bicyclic) bond motifs is 1. The van der Waals surface area contributed by atoms with Crippen LogP contribution in [0.4, 0.5) is 11.5 Å². The number of rotatable bonds is 1. The van der Waals surface area contributed by atoms with Crippen LogP contribution in [0.1, 0.15) is 11.1 Å². The van der Waals surface area contributed by atoms with E-state index in [4.69, 9.17) is 5.73 Å². The van der Waals surface area contributed by atoms with Crippen molar-refractivity contribution in [3.63, 3.8) is 0 Å². The first-order valence-electron chi connectivity index (χ1n) is 6.22. The van der Waals surface area contributed by atoms with E-state index in [1.54, 1.807) is 12.5 Å². The van der Waals surface area contributed by atoms with Crippen molar-refractivity contribution in [1.29, 1.82) is 0 Å². The van der Waals surface area contributed by atoms with Gasteiger partial charge in [-0.2, -0.15) is 0 Å². The normalized spacial score (nSPS) is 15.0. The lowest BCUT2D eigenvalue weighted by Crippen LogP contribution is -2.27. The van der Waals surface area contributed by atoms with E-state index < -0.39 is 0 Å². The molecule has 1 aromatic carbocycles. The highest BCUT2D eigenvalue weighted by molar-refractivity contribution is 5.61. The highest BCUT2D eigenvalue weighted by Gasteiger charge is 2.16. The summed E-state index contributed by atoms with van der Waals surface area (Å²) >= 11 is 0. The van der Waals surface area contributed by atoms with Gasteiger partial charge in [0.1, 0.15) is 6.33 Å². The van der Waals surface area contributed by atoms with E-state index >= 15 is 0 Å². The maximum Gasteiger partial charge on any atom is 0.155 e. The van der Waals surface area contributed by atoms with Crippen LogP contribution in [-0.4, -0.2) is 23.1 Å². The molecule has 1 aliphatic heterocycles. The topological polar surface area (TPSA) is 55.0 Å². The quantitative estimate of drug-likeness (QED) is 0.823. The second-order valence-electron chi connectivity index (χ2n) is 4.56. The fourth-order valence-corrected chi connectivity index (χ4v) is 2.48. The predicted octanol–water partition coefficient (Wildman–Crippen LogP) is 1.66. The zero-order valence-corrected chi connectivity index (χ0v) is 10.2.